The molecular weight excluding hydrogens is 458 g/mol. The van der Waals surface area contributed by atoms with Crippen LogP contribution in [0.3, 0.4) is 0 Å². The molecule has 1 spiro atoms. The molecule has 0 radical (unpaired) electrons. The second-order valence-corrected chi connectivity index (χ2v) is 9.86. The van der Waals surface area contributed by atoms with Gasteiger partial charge in [-0.05, 0) is 35.7 Å². The van der Waals surface area contributed by atoms with E-state index in [-0.39, 0.29) is 30.2 Å². The van der Waals surface area contributed by atoms with Gasteiger partial charge in [0.05, 0.1) is 20.1 Å². The first-order chi connectivity index (χ1) is 17.3. The number of rotatable bonds is 7. The number of carbonyl (C=O) groups excluding carboxylic acids is 3. The molecule has 8 nitrogen and oxygen atoms in total. The van der Waals surface area contributed by atoms with E-state index in [0.717, 1.165) is 5.56 Å². The van der Waals surface area contributed by atoms with Gasteiger partial charge in [0.2, 0.25) is 11.8 Å². The van der Waals surface area contributed by atoms with Crippen LogP contribution >= 0.6 is 0 Å². The summed E-state index contributed by atoms with van der Waals surface area (Å²) in [6.07, 6.45) is 1.23. The highest BCUT2D eigenvalue weighted by molar-refractivity contribution is 5.98. The highest BCUT2D eigenvalue weighted by Crippen LogP contribution is 2.38. The van der Waals surface area contributed by atoms with Crippen molar-refractivity contribution < 1.29 is 23.9 Å². The summed E-state index contributed by atoms with van der Waals surface area (Å²) >= 11 is 0. The number of methoxy groups -OCH3 is 1. The molecule has 36 heavy (non-hydrogen) atoms. The Morgan fingerprint density at radius 3 is 2.33 bits per heavy atom. The molecule has 2 heterocycles. The maximum Gasteiger partial charge on any atom is 0.256 e. The molecule has 2 saturated heterocycles. The molecular formula is C28H35N3O5. The van der Waals surface area contributed by atoms with Crippen LogP contribution in [0.25, 0.3) is 0 Å². The normalized spacial score (nSPS) is 18.9. The molecule has 0 aromatic heterocycles. The number of piperidine rings is 1. The van der Waals surface area contributed by atoms with Gasteiger partial charge in [-0.15, -0.1) is 0 Å². The van der Waals surface area contributed by atoms with Gasteiger partial charge < -0.3 is 19.7 Å². The summed E-state index contributed by atoms with van der Waals surface area (Å²) in [6, 6.07) is 15.8. The van der Waals surface area contributed by atoms with Crippen molar-refractivity contribution in [1.29, 1.82) is 0 Å². The van der Waals surface area contributed by atoms with Crippen LogP contribution in [-0.2, 0) is 20.7 Å². The van der Waals surface area contributed by atoms with Gasteiger partial charge in [0, 0.05) is 38.0 Å². The zero-order valence-corrected chi connectivity index (χ0v) is 21.2. The van der Waals surface area contributed by atoms with Crippen LogP contribution in [0, 0.1) is 5.92 Å². The van der Waals surface area contributed by atoms with Crippen LogP contribution in [0.4, 0.5) is 0 Å². The van der Waals surface area contributed by atoms with E-state index in [1.807, 2.05) is 49.1 Å². The van der Waals surface area contributed by atoms with Crippen LogP contribution in [0.5, 0.6) is 5.75 Å². The first kappa shape index (κ1) is 25.7. The smallest absolute Gasteiger partial charge is 0.256 e. The number of carbonyl (C=O) groups is 3. The van der Waals surface area contributed by atoms with Gasteiger partial charge in [-0.25, -0.2) is 0 Å². The monoisotopic (exact) mass is 493 g/mol. The lowest BCUT2D eigenvalue weighted by Crippen LogP contribution is -2.60. The standard InChI is InChI=1S/C28H35N3O5/c1-20(2)18-29-26(33)24-19-36-28(31(24)27(34)22-9-11-23(35-3)12-10-22)13-15-30(16-14-28)25(32)17-21-7-5-4-6-8-21/h4-12,20,24H,13-19H2,1-3H3,(H,29,33). The van der Waals surface area contributed by atoms with E-state index in [0.29, 0.717) is 50.2 Å². The van der Waals surface area contributed by atoms with Gasteiger partial charge in [0.25, 0.3) is 5.91 Å². The molecule has 0 bridgehead atoms. The number of hydrogen-bond acceptors (Lipinski definition) is 5. The molecule has 1 atom stereocenters. The minimum absolute atomic E-state index is 0.0494. The fourth-order valence-electron chi connectivity index (χ4n) is 4.85. The van der Waals surface area contributed by atoms with E-state index in [1.54, 1.807) is 36.3 Å². The molecule has 1 unspecified atom stereocenters. The average molecular weight is 494 g/mol. The molecule has 4 rings (SSSR count). The van der Waals surface area contributed by atoms with E-state index in [4.69, 9.17) is 9.47 Å². The Hall–Kier alpha value is -3.39. The minimum atomic E-state index is -0.930. The summed E-state index contributed by atoms with van der Waals surface area (Å²) in [5.74, 6) is 0.507. The Morgan fingerprint density at radius 1 is 1.06 bits per heavy atom. The van der Waals surface area contributed by atoms with Crippen molar-refractivity contribution in [3.8, 4) is 5.75 Å². The first-order valence-corrected chi connectivity index (χ1v) is 12.5. The van der Waals surface area contributed by atoms with Gasteiger partial charge in [-0.3, -0.25) is 19.3 Å². The van der Waals surface area contributed by atoms with Crippen molar-refractivity contribution in [2.45, 2.75) is 44.9 Å². The van der Waals surface area contributed by atoms with E-state index < -0.39 is 11.8 Å². The molecule has 2 fully saturated rings. The van der Waals surface area contributed by atoms with Crippen LogP contribution in [-0.4, -0.2) is 72.6 Å². The predicted octanol–water partition coefficient (Wildman–Crippen LogP) is 2.87. The molecule has 2 aliphatic heterocycles. The third kappa shape index (κ3) is 5.54. The van der Waals surface area contributed by atoms with Crippen molar-refractivity contribution in [3.05, 3.63) is 65.7 Å². The highest BCUT2D eigenvalue weighted by atomic mass is 16.5. The third-order valence-corrected chi connectivity index (χ3v) is 6.90. The molecule has 2 aromatic carbocycles. The minimum Gasteiger partial charge on any atom is -0.497 e. The Bertz CT molecular complexity index is 1060. The number of hydrogen-bond donors (Lipinski definition) is 1. The number of ether oxygens (including phenoxy) is 2. The molecule has 2 aromatic rings. The van der Waals surface area contributed by atoms with Crippen molar-refractivity contribution in [2.24, 2.45) is 5.92 Å². The third-order valence-electron chi connectivity index (χ3n) is 6.90. The quantitative estimate of drug-likeness (QED) is 0.641. The van der Waals surface area contributed by atoms with E-state index in [2.05, 4.69) is 5.32 Å². The van der Waals surface area contributed by atoms with Crippen LogP contribution in [0.1, 0.15) is 42.6 Å². The lowest BCUT2D eigenvalue weighted by Gasteiger charge is -2.44. The van der Waals surface area contributed by atoms with Crippen molar-refractivity contribution in [2.75, 3.05) is 33.4 Å². The van der Waals surface area contributed by atoms with Crippen molar-refractivity contribution in [1.82, 2.24) is 15.1 Å². The lowest BCUT2D eigenvalue weighted by atomic mass is 9.96. The SMILES string of the molecule is COc1ccc(C(=O)N2C(C(=O)NCC(C)C)COC23CCN(C(=O)Cc2ccccc2)CC3)cc1. The molecule has 2 aliphatic rings. The van der Waals surface area contributed by atoms with Crippen molar-refractivity contribution in [3.63, 3.8) is 0 Å². The zero-order chi connectivity index (χ0) is 25.7. The molecule has 0 aliphatic carbocycles. The van der Waals surface area contributed by atoms with E-state index >= 15 is 0 Å². The Labute approximate surface area is 212 Å². The Balaban J connectivity index is 1.52. The summed E-state index contributed by atoms with van der Waals surface area (Å²) in [5.41, 5.74) is 0.503. The van der Waals surface area contributed by atoms with Crippen molar-refractivity contribution >= 4 is 17.7 Å². The summed E-state index contributed by atoms with van der Waals surface area (Å²) in [4.78, 5) is 43.3. The number of likely N-dealkylation sites (tertiary alicyclic amines) is 1. The maximum absolute atomic E-state index is 13.8. The zero-order valence-electron chi connectivity index (χ0n) is 21.2. The number of nitrogens with zero attached hydrogens (tertiary/aromatic N) is 2. The molecule has 8 heteroatoms. The molecule has 1 N–H and O–H groups in total. The fraction of sp³-hybridized carbons (Fsp3) is 0.464. The van der Waals surface area contributed by atoms with E-state index in [9.17, 15) is 14.4 Å². The second-order valence-electron chi connectivity index (χ2n) is 9.86. The van der Waals surface area contributed by atoms with Crippen LogP contribution in [0.2, 0.25) is 0 Å². The predicted molar refractivity (Wildman–Crippen MR) is 135 cm³/mol. The molecule has 192 valence electrons. The molecule has 0 saturated carbocycles. The van der Waals surface area contributed by atoms with Gasteiger partial charge >= 0.3 is 0 Å². The Morgan fingerprint density at radius 2 is 1.72 bits per heavy atom. The largest absolute Gasteiger partial charge is 0.497 e. The van der Waals surface area contributed by atoms with Gasteiger partial charge in [0.1, 0.15) is 17.5 Å². The summed E-state index contributed by atoms with van der Waals surface area (Å²) in [5, 5.41) is 2.96. The molecule has 3 amide bonds. The van der Waals surface area contributed by atoms with Gasteiger partial charge in [0.15, 0.2) is 0 Å². The summed E-state index contributed by atoms with van der Waals surface area (Å²) in [7, 11) is 1.57. The highest BCUT2D eigenvalue weighted by Gasteiger charge is 2.54. The van der Waals surface area contributed by atoms with Crippen LogP contribution in [0.15, 0.2) is 54.6 Å². The summed E-state index contributed by atoms with van der Waals surface area (Å²) in [6.45, 7) is 5.61. The van der Waals surface area contributed by atoms with E-state index in [1.165, 1.54) is 0 Å². The second kappa shape index (κ2) is 11.1. The maximum atomic E-state index is 13.8. The summed E-state index contributed by atoms with van der Waals surface area (Å²) < 4.78 is 11.5. The first-order valence-electron chi connectivity index (χ1n) is 12.5. The van der Waals surface area contributed by atoms with Crippen LogP contribution < -0.4 is 10.1 Å². The average Bonchev–Trinajstić information content (AvgIpc) is 3.26. The fourth-order valence-corrected chi connectivity index (χ4v) is 4.85. The topological polar surface area (TPSA) is 88.2 Å². The number of amides is 3. The number of benzene rings is 2. The van der Waals surface area contributed by atoms with Gasteiger partial charge in [-0.1, -0.05) is 44.2 Å². The Kier molecular flexibility index (Phi) is 7.94. The lowest BCUT2D eigenvalue weighted by molar-refractivity contribution is -0.143. The van der Waals surface area contributed by atoms with Gasteiger partial charge in [-0.2, -0.15) is 0 Å². The number of nitrogens with one attached hydrogen (secondary N) is 1.